The Morgan fingerprint density at radius 2 is 1.70 bits per heavy atom. The first-order valence-electron chi connectivity index (χ1n) is 8.48. The molecule has 0 aromatic carbocycles. The van der Waals surface area contributed by atoms with Gasteiger partial charge in [0.05, 0.1) is 12.2 Å². The number of nitrogens with one attached hydrogen (secondary N) is 1. The van der Waals surface area contributed by atoms with Crippen LogP contribution < -0.4 is 5.32 Å². The average molecular weight is 280 g/mol. The molecule has 2 aliphatic heterocycles. The van der Waals surface area contributed by atoms with Crippen LogP contribution in [-0.2, 0) is 9.53 Å². The van der Waals surface area contributed by atoms with Crippen LogP contribution in [0.3, 0.4) is 0 Å². The summed E-state index contributed by atoms with van der Waals surface area (Å²) in [6, 6.07) is 0.426. The lowest BCUT2D eigenvalue weighted by Crippen LogP contribution is -2.43. The van der Waals surface area contributed by atoms with Crippen molar-refractivity contribution < 1.29 is 9.53 Å². The van der Waals surface area contributed by atoms with Crippen molar-refractivity contribution in [2.45, 2.75) is 76.0 Å². The maximum Gasteiger partial charge on any atom is 0.224 e. The van der Waals surface area contributed by atoms with Crippen LogP contribution in [0.25, 0.3) is 0 Å². The van der Waals surface area contributed by atoms with E-state index in [1.165, 1.54) is 32.1 Å². The van der Waals surface area contributed by atoms with Gasteiger partial charge in [-0.25, -0.2) is 0 Å². The van der Waals surface area contributed by atoms with Gasteiger partial charge in [0.15, 0.2) is 0 Å². The molecule has 1 saturated carbocycles. The Bertz CT molecular complexity index is 314. The van der Waals surface area contributed by atoms with Crippen LogP contribution in [-0.4, -0.2) is 48.7 Å². The molecule has 1 amide bonds. The van der Waals surface area contributed by atoms with E-state index in [0.29, 0.717) is 30.6 Å². The second-order valence-electron chi connectivity index (χ2n) is 6.62. The predicted molar refractivity (Wildman–Crippen MR) is 78.6 cm³/mol. The topological polar surface area (TPSA) is 41.6 Å². The van der Waals surface area contributed by atoms with Gasteiger partial charge in [-0.15, -0.1) is 0 Å². The highest BCUT2D eigenvalue weighted by Crippen LogP contribution is 2.25. The maximum atomic E-state index is 12.3. The molecule has 20 heavy (non-hydrogen) atoms. The molecular weight excluding hydrogens is 252 g/mol. The van der Waals surface area contributed by atoms with Gasteiger partial charge in [0, 0.05) is 25.6 Å². The summed E-state index contributed by atoms with van der Waals surface area (Å²) < 4.78 is 6.16. The lowest BCUT2D eigenvalue weighted by Gasteiger charge is -2.33. The molecule has 0 aromatic heterocycles. The first-order chi connectivity index (χ1) is 9.81. The molecule has 1 atom stereocenters. The summed E-state index contributed by atoms with van der Waals surface area (Å²) in [5.74, 6) is 0.337. The number of piperidine rings is 1. The van der Waals surface area contributed by atoms with E-state index in [2.05, 4.69) is 10.2 Å². The summed E-state index contributed by atoms with van der Waals surface area (Å²) in [6.07, 6.45) is 11.2. The van der Waals surface area contributed by atoms with Crippen LogP contribution in [0.5, 0.6) is 0 Å². The Hall–Kier alpha value is -0.610. The van der Waals surface area contributed by atoms with Crippen LogP contribution in [0.1, 0.15) is 57.8 Å². The number of rotatable bonds is 4. The molecule has 114 valence electrons. The van der Waals surface area contributed by atoms with Crippen molar-refractivity contribution in [2.24, 2.45) is 0 Å². The summed E-state index contributed by atoms with van der Waals surface area (Å²) in [4.78, 5) is 14.3. The van der Waals surface area contributed by atoms with Crippen LogP contribution >= 0.6 is 0 Å². The molecule has 1 N–H and O–H groups in total. The molecule has 4 heteroatoms. The first kappa shape index (κ1) is 14.3. The Balaban J connectivity index is 1.37. The van der Waals surface area contributed by atoms with Gasteiger partial charge in [0.1, 0.15) is 0 Å². The van der Waals surface area contributed by atoms with E-state index in [4.69, 9.17) is 4.74 Å². The monoisotopic (exact) mass is 280 g/mol. The van der Waals surface area contributed by atoms with Crippen molar-refractivity contribution >= 4 is 5.91 Å². The van der Waals surface area contributed by atoms with E-state index < -0.39 is 0 Å². The SMILES string of the molecule is O=C(CC1CCCN1)N1CCC(OC2CCCC2)CC1. The summed E-state index contributed by atoms with van der Waals surface area (Å²) in [5.41, 5.74) is 0. The highest BCUT2D eigenvalue weighted by Gasteiger charge is 2.28. The zero-order chi connectivity index (χ0) is 13.8. The number of ether oxygens (including phenoxy) is 1. The van der Waals surface area contributed by atoms with Crippen molar-refractivity contribution in [3.05, 3.63) is 0 Å². The van der Waals surface area contributed by atoms with Gasteiger partial charge < -0.3 is 15.0 Å². The quantitative estimate of drug-likeness (QED) is 0.857. The smallest absolute Gasteiger partial charge is 0.224 e. The van der Waals surface area contributed by atoms with Crippen LogP contribution in [0, 0.1) is 0 Å². The highest BCUT2D eigenvalue weighted by atomic mass is 16.5. The van der Waals surface area contributed by atoms with Gasteiger partial charge in [-0.05, 0) is 45.1 Å². The van der Waals surface area contributed by atoms with E-state index in [1.54, 1.807) is 0 Å². The van der Waals surface area contributed by atoms with Crippen LogP contribution in [0.15, 0.2) is 0 Å². The Morgan fingerprint density at radius 3 is 2.35 bits per heavy atom. The van der Waals surface area contributed by atoms with Crippen LogP contribution in [0.2, 0.25) is 0 Å². The van der Waals surface area contributed by atoms with Gasteiger partial charge in [0.2, 0.25) is 5.91 Å². The molecule has 0 aromatic rings. The third-order valence-corrected chi connectivity index (χ3v) is 5.07. The molecule has 0 radical (unpaired) electrons. The lowest BCUT2D eigenvalue weighted by atomic mass is 10.1. The molecule has 3 rings (SSSR count). The van der Waals surface area contributed by atoms with Gasteiger partial charge in [-0.3, -0.25) is 4.79 Å². The first-order valence-corrected chi connectivity index (χ1v) is 8.48. The second-order valence-corrected chi connectivity index (χ2v) is 6.62. The normalized spacial score (nSPS) is 29.2. The Morgan fingerprint density at radius 1 is 1.00 bits per heavy atom. The number of carbonyl (C=O) groups excluding carboxylic acids is 1. The van der Waals surface area contributed by atoms with Crippen molar-refractivity contribution in [3.63, 3.8) is 0 Å². The van der Waals surface area contributed by atoms with Crippen molar-refractivity contribution in [1.29, 1.82) is 0 Å². The number of likely N-dealkylation sites (tertiary alicyclic amines) is 1. The third-order valence-electron chi connectivity index (χ3n) is 5.07. The molecule has 3 fully saturated rings. The van der Waals surface area contributed by atoms with Crippen molar-refractivity contribution in [2.75, 3.05) is 19.6 Å². The lowest BCUT2D eigenvalue weighted by molar-refractivity contribution is -0.135. The Kier molecular flexibility index (Phi) is 4.94. The molecule has 0 bridgehead atoms. The van der Waals surface area contributed by atoms with Crippen molar-refractivity contribution in [3.8, 4) is 0 Å². The van der Waals surface area contributed by atoms with E-state index in [0.717, 1.165) is 38.9 Å². The fourth-order valence-corrected chi connectivity index (χ4v) is 3.81. The molecule has 0 spiro atoms. The fraction of sp³-hybridized carbons (Fsp3) is 0.938. The highest BCUT2D eigenvalue weighted by molar-refractivity contribution is 5.77. The average Bonchev–Trinajstić information content (AvgIpc) is 3.13. The molecule has 1 unspecified atom stereocenters. The minimum absolute atomic E-state index is 0.337. The molecule has 2 heterocycles. The Labute approximate surface area is 122 Å². The van der Waals surface area contributed by atoms with Crippen molar-refractivity contribution in [1.82, 2.24) is 10.2 Å². The standard InChI is InChI=1S/C16H28N2O2/c19-16(12-13-4-3-9-17-13)18-10-7-15(8-11-18)20-14-5-1-2-6-14/h13-15,17H,1-12H2. The molecule has 1 aliphatic carbocycles. The van der Waals surface area contributed by atoms with Gasteiger partial charge in [-0.1, -0.05) is 12.8 Å². The summed E-state index contributed by atoms with van der Waals surface area (Å²) >= 11 is 0. The molecule has 4 nitrogen and oxygen atoms in total. The molecule has 3 aliphatic rings. The van der Waals surface area contributed by atoms with E-state index >= 15 is 0 Å². The predicted octanol–water partition coefficient (Wildman–Crippen LogP) is 2.08. The molecular formula is C16H28N2O2. The maximum absolute atomic E-state index is 12.3. The second kappa shape index (κ2) is 6.90. The van der Waals surface area contributed by atoms with E-state index in [9.17, 15) is 4.79 Å². The van der Waals surface area contributed by atoms with Gasteiger partial charge in [-0.2, -0.15) is 0 Å². The minimum atomic E-state index is 0.337. The number of hydrogen-bond donors (Lipinski definition) is 1. The third kappa shape index (κ3) is 3.73. The fourth-order valence-electron chi connectivity index (χ4n) is 3.81. The zero-order valence-electron chi connectivity index (χ0n) is 12.5. The van der Waals surface area contributed by atoms with Crippen LogP contribution in [0.4, 0.5) is 0 Å². The number of nitrogens with zero attached hydrogens (tertiary/aromatic N) is 1. The van der Waals surface area contributed by atoms with E-state index in [-0.39, 0.29) is 0 Å². The number of carbonyl (C=O) groups is 1. The summed E-state index contributed by atoms with van der Waals surface area (Å²) in [5, 5.41) is 3.41. The zero-order valence-corrected chi connectivity index (χ0v) is 12.5. The van der Waals surface area contributed by atoms with E-state index in [1.807, 2.05) is 0 Å². The number of amides is 1. The molecule has 2 saturated heterocycles. The van der Waals surface area contributed by atoms with Gasteiger partial charge >= 0.3 is 0 Å². The largest absolute Gasteiger partial charge is 0.375 e. The minimum Gasteiger partial charge on any atom is -0.375 e. The summed E-state index contributed by atoms with van der Waals surface area (Å²) in [6.45, 7) is 2.86. The number of hydrogen-bond acceptors (Lipinski definition) is 3. The van der Waals surface area contributed by atoms with Gasteiger partial charge in [0.25, 0.3) is 0 Å². The summed E-state index contributed by atoms with van der Waals surface area (Å²) in [7, 11) is 0.